The summed E-state index contributed by atoms with van der Waals surface area (Å²) in [6, 6.07) is 11.8. The molecule has 0 fully saturated rings. The monoisotopic (exact) mass is 336 g/mol. The number of methoxy groups -OCH3 is 1. The van der Waals surface area contributed by atoms with Crippen molar-refractivity contribution >= 4 is 32.3 Å². The van der Waals surface area contributed by atoms with E-state index in [0.717, 1.165) is 37.4 Å². The van der Waals surface area contributed by atoms with Gasteiger partial charge in [-0.1, -0.05) is 24.3 Å². The highest BCUT2D eigenvalue weighted by Crippen LogP contribution is 2.34. The third kappa shape index (κ3) is 2.12. The van der Waals surface area contributed by atoms with Crippen molar-refractivity contribution < 1.29 is 4.74 Å². The van der Waals surface area contributed by atoms with Crippen LogP contribution in [0.15, 0.2) is 41.2 Å². The van der Waals surface area contributed by atoms with Gasteiger partial charge in [0.1, 0.15) is 16.4 Å². The number of nitrogens with zero attached hydrogens (tertiary/aromatic N) is 1. The fourth-order valence-corrected chi connectivity index (χ4v) is 4.07. The zero-order valence-electron chi connectivity index (χ0n) is 13.6. The van der Waals surface area contributed by atoms with Crippen LogP contribution in [0, 0.1) is 13.8 Å². The predicted octanol–water partition coefficient (Wildman–Crippen LogP) is 4.43. The molecule has 4 aromatic rings. The first-order valence-corrected chi connectivity index (χ1v) is 8.48. The Morgan fingerprint density at radius 1 is 1.08 bits per heavy atom. The molecule has 0 aliphatic carbocycles. The van der Waals surface area contributed by atoms with Crippen LogP contribution in [0.2, 0.25) is 0 Å². The maximum atomic E-state index is 12.6. The normalized spacial score (nSPS) is 11.3. The highest BCUT2D eigenvalue weighted by atomic mass is 32.1. The van der Waals surface area contributed by atoms with Crippen LogP contribution < -0.4 is 10.3 Å². The molecule has 0 saturated heterocycles. The summed E-state index contributed by atoms with van der Waals surface area (Å²) in [5.41, 5.74) is 1.82. The minimum Gasteiger partial charge on any atom is -0.496 e. The number of hydrogen-bond donors (Lipinski definition) is 1. The van der Waals surface area contributed by atoms with Crippen LogP contribution in [0.5, 0.6) is 5.75 Å². The van der Waals surface area contributed by atoms with Gasteiger partial charge in [0, 0.05) is 15.8 Å². The van der Waals surface area contributed by atoms with Gasteiger partial charge in [0.05, 0.1) is 12.5 Å². The number of fused-ring (bicyclic) bond motifs is 2. The highest BCUT2D eigenvalue weighted by Gasteiger charge is 2.15. The Hall–Kier alpha value is -2.66. The van der Waals surface area contributed by atoms with Crippen LogP contribution in [0.25, 0.3) is 32.4 Å². The van der Waals surface area contributed by atoms with Crippen molar-refractivity contribution in [1.29, 1.82) is 0 Å². The number of aromatic amines is 1. The Morgan fingerprint density at radius 2 is 1.83 bits per heavy atom. The first kappa shape index (κ1) is 14.9. The maximum absolute atomic E-state index is 12.6. The molecule has 1 N–H and O–H groups in total. The van der Waals surface area contributed by atoms with Crippen molar-refractivity contribution in [2.24, 2.45) is 0 Å². The van der Waals surface area contributed by atoms with Gasteiger partial charge in [0.25, 0.3) is 5.56 Å². The summed E-state index contributed by atoms with van der Waals surface area (Å²) in [6.45, 7) is 3.98. The van der Waals surface area contributed by atoms with Gasteiger partial charge in [-0.3, -0.25) is 4.79 Å². The lowest BCUT2D eigenvalue weighted by atomic mass is 10.0. The van der Waals surface area contributed by atoms with E-state index in [2.05, 4.69) is 4.98 Å². The number of ether oxygens (including phenoxy) is 1. The minimum absolute atomic E-state index is 0.0863. The van der Waals surface area contributed by atoms with E-state index in [1.165, 1.54) is 0 Å². The van der Waals surface area contributed by atoms with Gasteiger partial charge in [-0.15, -0.1) is 11.3 Å². The summed E-state index contributed by atoms with van der Waals surface area (Å²) in [5, 5.41) is 2.70. The molecule has 0 saturated carbocycles. The van der Waals surface area contributed by atoms with Gasteiger partial charge < -0.3 is 9.72 Å². The van der Waals surface area contributed by atoms with Crippen molar-refractivity contribution in [1.82, 2.24) is 9.97 Å². The quantitative estimate of drug-likeness (QED) is 0.589. The van der Waals surface area contributed by atoms with Crippen molar-refractivity contribution in [3.8, 4) is 17.1 Å². The molecule has 0 spiro atoms. The Labute approximate surface area is 142 Å². The average Bonchev–Trinajstić information content (AvgIpc) is 2.88. The molecule has 0 aliphatic heterocycles. The minimum atomic E-state index is -0.0863. The summed E-state index contributed by atoms with van der Waals surface area (Å²) in [6.07, 6.45) is 0. The van der Waals surface area contributed by atoms with E-state index >= 15 is 0 Å². The Kier molecular flexibility index (Phi) is 3.39. The number of rotatable bonds is 2. The molecule has 0 unspecified atom stereocenters. The zero-order valence-corrected chi connectivity index (χ0v) is 14.5. The first-order chi connectivity index (χ1) is 11.6. The second-order valence-electron chi connectivity index (χ2n) is 5.74. The molecule has 2 heterocycles. The molecule has 4 nitrogen and oxygen atoms in total. The second kappa shape index (κ2) is 5.46. The zero-order chi connectivity index (χ0) is 16.8. The number of thiophene rings is 1. The summed E-state index contributed by atoms with van der Waals surface area (Å²) in [7, 11) is 1.66. The van der Waals surface area contributed by atoms with Crippen molar-refractivity contribution in [2.45, 2.75) is 13.8 Å². The topological polar surface area (TPSA) is 55.0 Å². The molecule has 4 rings (SSSR count). The van der Waals surface area contributed by atoms with Crippen molar-refractivity contribution in [3.05, 3.63) is 57.2 Å². The molecular formula is C19H16N2O2S. The Bertz CT molecular complexity index is 1140. The van der Waals surface area contributed by atoms with Crippen molar-refractivity contribution in [2.75, 3.05) is 7.11 Å². The summed E-state index contributed by atoms with van der Waals surface area (Å²) in [4.78, 5) is 22.1. The second-order valence-corrected chi connectivity index (χ2v) is 6.94. The molecule has 0 bridgehead atoms. The molecule has 0 radical (unpaired) electrons. The molecular weight excluding hydrogens is 320 g/mol. The molecule has 24 heavy (non-hydrogen) atoms. The number of aromatic nitrogens is 2. The fourth-order valence-electron chi connectivity index (χ4n) is 3.04. The molecule has 5 heteroatoms. The van der Waals surface area contributed by atoms with Crippen LogP contribution >= 0.6 is 11.3 Å². The van der Waals surface area contributed by atoms with Crippen molar-refractivity contribution in [3.63, 3.8) is 0 Å². The third-order valence-electron chi connectivity index (χ3n) is 4.40. The largest absolute Gasteiger partial charge is 0.496 e. The van der Waals surface area contributed by atoms with E-state index in [0.29, 0.717) is 11.2 Å². The maximum Gasteiger partial charge on any atom is 0.260 e. The predicted molar refractivity (Wildman–Crippen MR) is 99.2 cm³/mol. The van der Waals surface area contributed by atoms with Gasteiger partial charge in [0.2, 0.25) is 0 Å². The van der Waals surface area contributed by atoms with E-state index in [1.54, 1.807) is 18.4 Å². The average molecular weight is 336 g/mol. The molecule has 0 amide bonds. The molecule has 0 aliphatic rings. The van der Waals surface area contributed by atoms with Gasteiger partial charge >= 0.3 is 0 Å². The van der Waals surface area contributed by atoms with Crippen LogP contribution in [0.3, 0.4) is 0 Å². The van der Waals surface area contributed by atoms with Crippen LogP contribution in [0.4, 0.5) is 0 Å². The van der Waals surface area contributed by atoms with E-state index in [9.17, 15) is 4.79 Å². The molecule has 2 aromatic carbocycles. The Balaban J connectivity index is 2.05. The lowest BCUT2D eigenvalue weighted by Crippen LogP contribution is -2.09. The van der Waals surface area contributed by atoms with E-state index in [-0.39, 0.29) is 5.56 Å². The molecule has 0 atom stereocenters. The number of aryl methyl sites for hydroxylation is 2. The number of nitrogens with one attached hydrogen (secondary N) is 1. The van der Waals surface area contributed by atoms with Crippen LogP contribution in [-0.4, -0.2) is 17.1 Å². The van der Waals surface area contributed by atoms with Gasteiger partial charge in [0.15, 0.2) is 0 Å². The fraction of sp³-hybridized carbons (Fsp3) is 0.158. The lowest BCUT2D eigenvalue weighted by molar-refractivity contribution is 0.420. The van der Waals surface area contributed by atoms with Gasteiger partial charge in [-0.25, -0.2) is 4.98 Å². The van der Waals surface area contributed by atoms with Crippen LogP contribution in [0.1, 0.15) is 10.4 Å². The Morgan fingerprint density at radius 3 is 2.58 bits per heavy atom. The highest BCUT2D eigenvalue weighted by molar-refractivity contribution is 7.18. The standard InChI is InChI=1S/C19H16N2O2S/c1-10-11(2)24-19-16(10)18(22)20-17(21-19)14-8-9-15(23-3)13-7-5-4-6-12(13)14/h4-9H,1-3H3,(H,20,21,22). The number of H-pyrrole nitrogens is 1. The molecule has 2 aromatic heterocycles. The van der Waals surface area contributed by atoms with Gasteiger partial charge in [-0.2, -0.15) is 0 Å². The van der Waals surface area contributed by atoms with Crippen LogP contribution in [-0.2, 0) is 0 Å². The number of benzene rings is 2. The van der Waals surface area contributed by atoms with Gasteiger partial charge in [-0.05, 0) is 36.9 Å². The summed E-state index contributed by atoms with van der Waals surface area (Å²) < 4.78 is 5.44. The smallest absolute Gasteiger partial charge is 0.260 e. The van der Waals surface area contributed by atoms with E-state index in [4.69, 9.17) is 9.72 Å². The summed E-state index contributed by atoms with van der Waals surface area (Å²) >= 11 is 1.56. The first-order valence-electron chi connectivity index (χ1n) is 7.66. The number of hydrogen-bond acceptors (Lipinski definition) is 4. The van der Waals surface area contributed by atoms with E-state index in [1.807, 2.05) is 50.2 Å². The lowest BCUT2D eigenvalue weighted by Gasteiger charge is -2.10. The van der Waals surface area contributed by atoms with E-state index < -0.39 is 0 Å². The SMILES string of the molecule is COc1ccc(-c2nc3sc(C)c(C)c3c(=O)[nH]2)c2ccccc12. The molecule has 120 valence electrons. The summed E-state index contributed by atoms with van der Waals surface area (Å²) in [5.74, 6) is 1.40. The third-order valence-corrected chi connectivity index (χ3v) is 5.50.